The van der Waals surface area contributed by atoms with Crippen molar-refractivity contribution in [2.24, 2.45) is 0 Å². The molecule has 0 aliphatic heterocycles. The molecule has 4 rings (SSSR count). The van der Waals surface area contributed by atoms with Crippen LogP contribution in [-0.2, 0) is 6.54 Å². The van der Waals surface area contributed by atoms with Gasteiger partial charge >= 0.3 is 0 Å². The van der Waals surface area contributed by atoms with E-state index in [9.17, 15) is 14.4 Å². The number of hydrogen-bond acceptors (Lipinski definition) is 5. The second-order valence-electron chi connectivity index (χ2n) is 9.09. The normalized spacial score (nSPS) is 16.4. The number of nitrogens with zero attached hydrogens (tertiary/aromatic N) is 1. The first-order valence-electron chi connectivity index (χ1n) is 12.1. The Labute approximate surface area is 199 Å². The van der Waals surface area contributed by atoms with Crippen molar-refractivity contribution >= 4 is 11.8 Å². The van der Waals surface area contributed by atoms with Gasteiger partial charge in [-0.2, -0.15) is 0 Å². The molecule has 2 N–H and O–H groups in total. The molecule has 1 aromatic carbocycles. The number of benzene rings is 1. The first-order chi connectivity index (χ1) is 16.5. The van der Waals surface area contributed by atoms with Gasteiger partial charge in [-0.15, -0.1) is 0 Å². The highest BCUT2D eigenvalue weighted by molar-refractivity contribution is 5.99. The second kappa shape index (κ2) is 10.8. The average molecular weight is 468 g/mol. The number of hydrogen-bond donors (Lipinski definition) is 2. The lowest BCUT2D eigenvalue weighted by atomic mass is 10.1. The molecule has 2 amide bonds. The van der Waals surface area contributed by atoms with Crippen molar-refractivity contribution in [3.63, 3.8) is 0 Å². The van der Waals surface area contributed by atoms with Gasteiger partial charge in [0.05, 0.1) is 14.2 Å². The Kier molecular flexibility index (Phi) is 7.55. The highest BCUT2D eigenvalue weighted by Crippen LogP contribution is 2.34. The van der Waals surface area contributed by atoms with Gasteiger partial charge in [-0.1, -0.05) is 37.8 Å². The van der Waals surface area contributed by atoms with Crippen LogP contribution in [0.1, 0.15) is 83.7 Å². The summed E-state index contributed by atoms with van der Waals surface area (Å²) in [5, 5.41) is 5.84. The van der Waals surface area contributed by atoms with E-state index in [1.54, 1.807) is 31.6 Å². The molecule has 0 bridgehead atoms. The number of ether oxygens (including phenoxy) is 2. The van der Waals surface area contributed by atoms with E-state index in [2.05, 4.69) is 10.6 Å². The summed E-state index contributed by atoms with van der Waals surface area (Å²) in [6.07, 6.45) is 11.5. The Balaban J connectivity index is 1.55. The Morgan fingerprint density at radius 1 is 0.941 bits per heavy atom. The van der Waals surface area contributed by atoms with E-state index in [1.807, 2.05) is 10.6 Å². The Morgan fingerprint density at radius 3 is 2.24 bits per heavy atom. The predicted octanol–water partition coefficient (Wildman–Crippen LogP) is 3.58. The van der Waals surface area contributed by atoms with E-state index < -0.39 is 17.2 Å². The maximum atomic E-state index is 13.2. The lowest BCUT2D eigenvalue weighted by Crippen LogP contribution is -2.39. The molecule has 0 unspecified atom stereocenters. The smallest absolute Gasteiger partial charge is 0.257 e. The van der Waals surface area contributed by atoms with E-state index in [0.29, 0.717) is 11.5 Å². The van der Waals surface area contributed by atoms with Crippen LogP contribution >= 0.6 is 0 Å². The standard InChI is InChI=1S/C26H33N3O5/c1-33-22-11-7-8-17(24(22)34-2)14-27-25(31)20-15-29(19-12-13-19)16-21(23(20)30)26(32)28-18-9-5-3-4-6-10-18/h7-8,11,15-16,18-19H,3-6,9-10,12-14H2,1-2H3,(H,27,31)(H,28,32). The molecule has 1 heterocycles. The summed E-state index contributed by atoms with van der Waals surface area (Å²) in [4.78, 5) is 39.3. The van der Waals surface area contributed by atoms with Gasteiger partial charge in [0.1, 0.15) is 11.1 Å². The Morgan fingerprint density at radius 2 is 1.62 bits per heavy atom. The van der Waals surface area contributed by atoms with Crippen LogP contribution in [0.2, 0.25) is 0 Å². The van der Waals surface area contributed by atoms with Gasteiger partial charge in [-0.3, -0.25) is 14.4 Å². The molecule has 0 saturated heterocycles. The van der Waals surface area contributed by atoms with Crippen molar-refractivity contribution in [1.29, 1.82) is 0 Å². The number of amides is 2. The topological polar surface area (TPSA) is 98.7 Å². The molecule has 0 spiro atoms. The van der Waals surface area contributed by atoms with Crippen molar-refractivity contribution in [3.05, 3.63) is 57.5 Å². The summed E-state index contributed by atoms with van der Waals surface area (Å²) in [6, 6.07) is 5.69. The van der Waals surface area contributed by atoms with E-state index in [-0.39, 0.29) is 29.8 Å². The predicted molar refractivity (Wildman–Crippen MR) is 129 cm³/mol. The first kappa shape index (κ1) is 23.9. The fraction of sp³-hybridized carbons (Fsp3) is 0.500. The maximum absolute atomic E-state index is 13.2. The molecule has 2 aliphatic carbocycles. The van der Waals surface area contributed by atoms with Crippen LogP contribution in [0.15, 0.2) is 35.4 Å². The van der Waals surface area contributed by atoms with Crippen molar-refractivity contribution in [2.45, 2.75) is 70.0 Å². The van der Waals surface area contributed by atoms with Crippen molar-refractivity contribution in [1.82, 2.24) is 15.2 Å². The number of nitrogens with one attached hydrogen (secondary N) is 2. The van der Waals surface area contributed by atoms with Crippen LogP contribution in [0, 0.1) is 0 Å². The van der Waals surface area contributed by atoms with Crippen molar-refractivity contribution < 1.29 is 19.1 Å². The fourth-order valence-electron chi connectivity index (χ4n) is 4.56. The first-order valence-corrected chi connectivity index (χ1v) is 12.1. The van der Waals surface area contributed by atoms with Gasteiger partial charge in [-0.05, 0) is 31.7 Å². The highest BCUT2D eigenvalue weighted by atomic mass is 16.5. The van der Waals surface area contributed by atoms with Crippen LogP contribution in [0.3, 0.4) is 0 Å². The zero-order valence-electron chi connectivity index (χ0n) is 19.9. The minimum atomic E-state index is -0.543. The Bertz CT molecular complexity index is 1100. The molecule has 2 aromatic rings. The lowest BCUT2D eigenvalue weighted by Gasteiger charge is -2.17. The van der Waals surface area contributed by atoms with Gasteiger partial charge in [0.2, 0.25) is 5.43 Å². The van der Waals surface area contributed by atoms with E-state index in [1.165, 1.54) is 20.0 Å². The summed E-state index contributed by atoms with van der Waals surface area (Å²) in [6.45, 7) is 0.153. The third kappa shape index (κ3) is 5.43. The average Bonchev–Trinajstić information content (AvgIpc) is 3.70. The molecule has 2 saturated carbocycles. The molecule has 2 aliphatic rings. The molecular weight excluding hydrogens is 434 g/mol. The number of pyridine rings is 1. The molecule has 8 heteroatoms. The Hall–Kier alpha value is -3.29. The van der Waals surface area contributed by atoms with Crippen molar-refractivity contribution in [3.8, 4) is 11.5 Å². The zero-order chi connectivity index (χ0) is 24.1. The zero-order valence-corrected chi connectivity index (χ0v) is 19.9. The summed E-state index contributed by atoms with van der Waals surface area (Å²) in [5.41, 5.74) is 0.183. The highest BCUT2D eigenvalue weighted by Gasteiger charge is 2.28. The fourth-order valence-corrected chi connectivity index (χ4v) is 4.56. The maximum Gasteiger partial charge on any atom is 0.257 e. The molecule has 2 fully saturated rings. The number of rotatable bonds is 8. The molecule has 1 aromatic heterocycles. The number of carbonyl (C=O) groups is 2. The molecule has 0 atom stereocenters. The SMILES string of the molecule is COc1cccc(CNC(=O)c2cn(C3CC3)cc(C(=O)NC3CCCCCC3)c2=O)c1OC. The largest absolute Gasteiger partial charge is 0.493 e. The number of aromatic nitrogens is 1. The molecule has 182 valence electrons. The van der Waals surface area contributed by atoms with Crippen molar-refractivity contribution in [2.75, 3.05) is 14.2 Å². The van der Waals surface area contributed by atoms with Gasteiger partial charge < -0.3 is 24.7 Å². The van der Waals surface area contributed by atoms with Crippen LogP contribution in [0.4, 0.5) is 0 Å². The van der Waals surface area contributed by atoms with Crippen LogP contribution in [0.5, 0.6) is 11.5 Å². The third-order valence-electron chi connectivity index (χ3n) is 6.62. The van der Waals surface area contributed by atoms with Crippen LogP contribution in [0.25, 0.3) is 0 Å². The van der Waals surface area contributed by atoms with Gasteiger partial charge in [0, 0.05) is 36.6 Å². The number of para-hydroxylation sites is 1. The summed E-state index contributed by atoms with van der Waals surface area (Å²) < 4.78 is 12.6. The summed E-state index contributed by atoms with van der Waals surface area (Å²) >= 11 is 0. The lowest BCUT2D eigenvalue weighted by molar-refractivity contribution is 0.0931. The van der Waals surface area contributed by atoms with Gasteiger partial charge in [0.25, 0.3) is 11.8 Å². The molecular formula is C26H33N3O5. The molecule has 8 nitrogen and oxygen atoms in total. The minimum absolute atomic E-state index is 0.0257. The quantitative estimate of drug-likeness (QED) is 0.578. The van der Waals surface area contributed by atoms with E-state index in [0.717, 1.165) is 44.1 Å². The minimum Gasteiger partial charge on any atom is -0.493 e. The number of carbonyl (C=O) groups excluding carboxylic acids is 2. The van der Waals surface area contributed by atoms with E-state index >= 15 is 0 Å². The second-order valence-corrected chi connectivity index (χ2v) is 9.09. The van der Waals surface area contributed by atoms with Gasteiger partial charge in [0.15, 0.2) is 11.5 Å². The van der Waals surface area contributed by atoms with Gasteiger partial charge in [-0.25, -0.2) is 0 Å². The summed E-state index contributed by atoms with van der Waals surface area (Å²) in [7, 11) is 3.08. The number of methoxy groups -OCH3 is 2. The summed E-state index contributed by atoms with van der Waals surface area (Å²) in [5.74, 6) is 0.170. The van der Waals surface area contributed by atoms with E-state index in [4.69, 9.17) is 9.47 Å². The third-order valence-corrected chi connectivity index (χ3v) is 6.62. The monoisotopic (exact) mass is 467 g/mol. The van der Waals surface area contributed by atoms with Crippen LogP contribution < -0.4 is 25.5 Å². The van der Waals surface area contributed by atoms with Crippen LogP contribution in [-0.4, -0.2) is 36.6 Å². The molecule has 34 heavy (non-hydrogen) atoms. The molecule has 0 radical (unpaired) electrons.